The van der Waals surface area contributed by atoms with Crippen LogP contribution in [0.15, 0.2) is 24.3 Å². The van der Waals surface area contributed by atoms with Gasteiger partial charge in [-0.25, -0.2) is 8.42 Å². The van der Waals surface area contributed by atoms with Gasteiger partial charge in [0.2, 0.25) is 0 Å². The molecule has 7 heteroatoms. The molecule has 1 N–H and O–H groups in total. The van der Waals surface area contributed by atoms with Gasteiger partial charge in [0.25, 0.3) is 0 Å². The molecule has 0 spiro atoms. The van der Waals surface area contributed by atoms with Crippen LogP contribution in [0.3, 0.4) is 0 Å². The molecule has 0 aliphatic heterocycles. The van der Waals surface area contributed by atoms with E-state index in [0.29, 0.717) is 0 Å². The topological polar surface area (TPSA) is 54.4 Å². The zero-order valence-electron chi connectivity index (χ0n) is 9.61. The van der Waals surface area contributed by atoms with E-state index in [0.717, 1.165) is 30.5 Å². The molecular formula is C11H13F3O3S. The van der Waals surface area contributed by atoms with Gasteiger partial charge in [-0.1, -0.05) is 12.1 Å². The summed E-state index contributed by atoms with van der Waals surface area (Å²) in [6, 6.07) is 4.02. The number of sulfone groups is 1. The average Bonchev–Trinajstić information content (AvgIpc) is 2.24. The monoisotopic (exact) mass is 282 g/mol. The quantitative estimate of drug-likeness (QED) is 0.921. The zero-order valence-corrected chi connectivity index (χ0v) is 10.4. The van der Waals surface area contributed by atoms with E-state index in [4.69, 9.17) is 0 Å². The van der Waals surface area contributed by atoms with Crippen molar-refractivity contribution in [3.63, 3.8) is 0 Å². The van der Waals surface area contributed by atoms with Gasteiger partial charge in [-0.3, -0.25) is 0 Å². The molecule has 0 saturated heterocycles. The van der Waals surface area contributed by atoms with Crippen LogP contribution in [0.2, 0.25) is 0 Å². The second-order valence-electron chi connectivity index (χ2n) is 4.05. The molecule has 0 amide bonds. The van der Waals surface area contributed by atoms with Crippen LogP contribution in [0.5, 0.6) is 0 Å². The second kappa shape index (κ2) is 5.27. The van der Waals surface area contributed by atoms with Crippen LogP contribution in [-0.2, 0) is 16.0 Å². The molecule has 0 fully saturated rings. The molecule has 102 valence electrons. The van der Waals surface area contributed by atoms with Gasteiger partial charge in [0.15, 0.2) is 0 Å². The first-order chi connectivity index (χ1) is 8.09. The first-order valence-electron chi connectivity index (χ1n) is 5.12. The van der Waals surface area contributed by atoms with E-state index in [1.165, 1.54) is 0 Å². The Morgan fingerprint density at radius 3 is 2.11 bits per heavy atom. The molecule has 0 aromatic heterocycles. The maximum absolute atomic E-state index is 12.3. The number of benzene rings is 1. The molecule has 0 bridgehead atoms. The lowest BCUT2D eigenvalue weighted by atomic mass is 10.1. The van der Waals surface area contributed by atoms with Crippen LogP contribution in [-0.4, -0.2) is 25.5 Å². The summed E-state index contributed by atoms with van der Waals surface area (Å²) in [6.45, 7) is 0. The maximum Gasteiger partial charge on any atom is 0.416 e. The van der Waals surface area contributed by atoms with Gasteiger partial charge in [-0.15, -0.1) is 0 Å². The Hall–Kier alpha value is -1.08. The summed E-state index contributed by atoms with van der Waals surface area (Å²) < 4.78 is 58.6. The minimum absolute atomic E-state index is 0.0375. The first kappa shape index (κ1) is 15.0. The smallest absolute Gasteiger partial charge is 0.388 e. The van der Waals surface area contributed by atoms with Crippen molar-refractivity contribution in [3.8, 4) is 0 Å². The van der Waals surface area contributed by atoms with Gasteiger partial charge in [0.05, 0.1) is 17.4 Å². The molecule has 1 aromatic rings. The highest BCUT2D eigenvalue weighted by atomic mass is 32.2. The summed E-state index contributed by atoms with van der Waals surface area (Å²) in [5.41, 5.74) is -0.534. The van der Waals surface area contributed by atoms with Gasteiger partial charge in [-0.2, -0.15) is 13.2 Å². The van der Waals surface area contributed by atoms with E-state index in [1.807, 2.05) is 0 Å². The molecule has 1 atom stereocenters. The van der Waals surface area contributed by atoms with Crippen LogP contribution < -0.4 is 0 Å². The molecule has 18 heavy (non-hydrogen) atoms. The summed E-state index contributed by atoms with van der Waals surface area (Å²) >= 11 is 0. The minimum Gasteiger partial charge on any atom is -0.388 e. The normalized spacial score (nSPS) is 14.5. The Morgan fingerprint density at radius 1 is 1.22 bits per heavy atom. The van der Waals surface area contributed by atoms with E-state index in [-0.39, 0.29) is 17.7 Å². The number of hydrogen-bond acceptors (Lipinski definition) is 3. The highest BCUT2D eigenvalue weighted by Crippen LogP contribution is 2.30. The van der Waals surface area contributed by atoms with Crippen molar-refractivity contribution in [1.82, 2.24) is 0 Å². The molecule has 0 radical (unpaired) electrons. The lowest BCUT2D eigenvalue weighted by Crippen LogP contribution is -2.09. The highest BCUT2D eigenvalue weighted by molar-refractivity contribution is 7.90. The van der Waals surface area contributed by atoms with Crippen LogP contribution in [0.25, 0.3) is 0 Å². The van der Waals surface area contributed by atoms with Crippen molar-refractivity contribution < 1.29 is 26.7 Å². The zero-order chi connectivity index (χ0) is 14.0. The van der Waals surface area contributed by atoms with Crippen LogP contribution in [0.4, 0.5) is 13.2 Å². The molecule has 0 aliphatic carbocycles. The fourth-order valence-electron chi connectivity index (χ4n) is 1.39. The number of hydrogen-bond donors (Lipinski definition) is 1. The Kier molecular flexibility index (Phi) is 4.39. The number of aliphatic hydroxyl groups is 1. The van der Waals surface area contributed by atoms with Gasteiger partial charge in [0, 0.05) is 6.26 Å². The average molecular weight is 282 g/mol. The molecular weight excluding hydrogens is 269 g/mol. The standard InChI is InChI=1S/C11H13F3O3S/c1-18(16,17)7-6-10(15)8-2-4-9(5-3-8)11(12,13)14/h2-5,10,15H,6-7H2,1H3. The van der Waals surface area contributed by atoms with Gasteiger partial charge in [0.1, 0.15) is 9.84 Å². The van der Waals surface area contributed by atoms with Crippen molar-refractivity contribution in [3.05, 3.63) is 35.4 Å². The highest BCUT2D eigenvalue weighted by Gasteiger charge is 2.30. The molecule has 0 saturated carbocycles. The molecule has 0 heterocycles. The van der Waals surface area contributed by atoms with Crippen molar-refractivity contribution in [2.75, 3.05) is 12.0 Å². The van der Waals surface area contributed by atoms with Gasteiger partial charge >= 0.3 is 6.18 Å². The molecule has 3 nitrogen and oxygen atoms in total. The largest absolute Gasteiger partial charge is 0.416 e. The minimum atomic E-state index is -4.42. The van der Waals surface area contributed by atoms with Crippen molar-refractivity contribution >= 4 is 9.84 Å². The van der Waals surface area contributed by atoms with E-state index >= 15 is 0 Å². The summed E-state index contributed by atoms with van der Waals surface area (Å²) in [7, 11) is -3.20. The number of alkyl halides is 3. The first-order valence-corrected chi connectivity index (χ1v) is 7.18. The van der Waals surface area contributed by atoms with Crippen molar-refractivity contribution in [2.45, 2.75) is 18.7 Å². The molecule has 0 aliphatic rings. The molecule has 1 unspecified atom stereocenters. The summed E-state index contributed by atoms with van der Waals surface area (Å²) in [5, 5.41) is 9.63. The SMILES string of the molecule is CS(=O)(=O)CCC(O)c1ccc(C(F)(F)F)cc1. The molecule has 1 aromatic carbocycles. The third-order valence-electron chi connectivity index (χ3n) is 2.38. The Morgan fingerprint density at radius 2 is 1.72 bits per heavy atom. The lowest BCUT2D eigenvalue weighted by molar-refractivity contribution is -0.137. The van der Waals surface area contributed by atoms with Crippen molar-refractivity contribution in [2.24, 2.45) is 0 Å². The Balaban J connectivity index is 2.74. The number of halogens is 3. The number of aliphatic hydroxyl groups excluding tert-OH is 1. The fraction of sp³-hybridized carbons (Fsp3) is 0.455. The summed E-state index contributed by atoms with van der Waals surface area (Å²) in [5.74, 6) is -0.213. The number of rotatable bonds is 4. The third kappa shape index (κ3) is 4.66. The van der Waals surface area contributed by atoms with E-state index in [2.05, 4.69) is 0 Å². The van der Waals surface area contributed by atoms with Crippen LogP contribution in [0, 0.1) is 0 Å². The van der Waals surface area contributed by atoms with Crippen LogP contribution in [0.1, 0.15) is 23.7 Å². The lowest BCUT2D eigenvalue weighted by Gasteiger charge is -2.12. The fourth-order valence-corrected chi connectivity index (χ4v) is 2.04. The predicted molar refractivity (Wildman–Crippen MR) is 60.7 cm³/mol. The second-order valence-corrected chi connectivity index (χ2v) is 6.31. The van der Waals surface area contributed by atoms with Crippen LogP contribution >= 0.6 is 0 Å². The van der Waals surface area contributed by atoms with E-state index in [9.17, 15) is 26.7 Å². The van der Waals surface area contributed by atoms with Gasteiger partial charge < -0.3 is 5.11 Å². The van der Waals surface area contributed by atoms with Crippen molar-refractivity contribution in [1.29, 1.82) is 0 Å². The summed E-state index contributed by atoms with van der Waals surface area (Å²) in [6.07, 6.45) is -4.51. The maximum atomic E-state index is 12.3. The Labute approximate surface area is 103 Å². The van der Waals surface area contributed by atoms with E-state index in [1.54, 1.807) is 0 Å². The molecule has 1 rings (SSSR count). The van der Waals surface area contributed by atoms with Gasteiger partial charge in [-0.05, 0) is 24.1 Å². The summed E-state index contributed by atoms with van der Waals surface area (Å²) in [4.78, 5) is 0. The Bertz CT molecular complexity index is 491. The third-order valence-corrected chi connectivity index (χ3v) is 3.36. The van der Waals surface area contributed by atoms with E-state index < -0.39 is 27.7 Å². The predicted octanol–water partition coefficient (Wildman–Crippen LogP) is 2.17.